The molecule has 3 heterocycles. The number of hydrogen-bond donors (Lipinski definition) is 1. The average molecular weight is 230 g/mol. The van der Waals surface area contributed by atoms with Crippen LogP contribution in [-0.4, -0.2) is 40.4 Å². The molecule has 8 nitrogen and oxygen atoms in total. The first-order valence-corrected chi connectivity index (χ1v) is 4.69. The van der Waals surface area contributed by atoms with Gasteiger partial charge >= 0.3 is 5.97 Å². The van der Waals surface area contributed by atoms with Crippen LogP contribution in [0.5, 0.6) is 0 Å². The first kappa shape index (κ1) is 9.46. The fourth-order valence-electron chi connectivity index (χ4n) is 1.46. The number of carbonyl (C=O) groups is 1. The molecular weight excluding hydrogens is 224 g/mol. The van der Waals surface area contributed by atoms with Crippen LogP contribution < -0.4 is 0 Å². The summed E-state index contributed by atoms with van der Waals surface area (Å²) in [5.74, 6) is -0.658. The van der Waals surface area contributed by atoms with Gasteiger partial charge in [0.25, 0.3) is 0 Å². The maximum absolute atomic E-state index is 10.7. The lowest BCUT2D eigenvalue weighted by molar-refractivity contribution is 0.0690. The van der Waals surface area contributed by atoms with E-state index in [0.29, 0.717) is 11.5 Å². The summed E-state index contributed by atoms with van der Waals surface area (Å²) in [4.78, 5) is 14.8. The van der Waals surface area contributed by atoms with Crippen LogP contribution in [0.1, 0.15) is 10.5 Å². The molecule has 84 valence electrons. The Morgan fingerprint density at radius 2 is 2.24 bits per heavy atom. The Balaban J connectivity index is 2.19. The summed E-state index contributed by atoms with van der Waals surface area (Å²) in [6.45, 7) is 0. The molecule has 0 saturated carbocycles. The first-order chi connectivity index (χ1) is 8.25. The van der Waals surface area contributed by atoms with Crippen molar-refractivity contribution in [2.24, 2.45) is 0 Å². The maximum Gasteiger partial charge on any atom is 0.356 e. The molecule has 0 aliphatic heterocycles. The smallest absolute Gasteiger partial charge is 0.356 e. The zero-order valence-corrected chi connectivity index (χ0v) is 8.43. The van der Waals surface area contributed by atoms with Crippen LogP contribution in [0.4, 0.5) is 0 Å². The first-order valence-electron chi connectivity index (χ1n) is 4.69. The molecule has 1 N–H and O–H groups in total. The molecule has 3 aromatic heterocycles. The summed E-state index contributed by atoms with van der Waals surface area (Å²) in [6, 6.07) is 1.39. The third-order valence-corrected chi connectivity index (χ3v) is 2.22. The number of aromatic nitrogens is 6. The predicted molar refractivity (Wildman–Crippen MR) is 54.9 cm³/mol. The van der Waals surface area contributed by atoms with Crippen LogP contribution in [0, 0.1) is 0 Å². The summed E-state index contributed by atoms with van der Waals surface area (Å²) in [6.07, 6.45) is 6.30. The molecule has 8 heteroatoms. The monoisotopic (exact) mass is 230 g/mol. The van der Waals surface area contributed by atoms with Crippen LogP contribution in [0.15, 0.2) is 31.0 Å². The molecule has 0 bridgehead atoms. The third-order valence-electron chi connectivity index (χ3n) is 2.22. The summed E-state index contributed by atoms with van der Waals surface area (Å²) in [7, 11) is 0. The number of carboxylic acid groups (broad SMARTS) is 1. The number of rotatable bonds is 2. The molecule has 0 aliphatic carbocycles. The van der Waals surface area contributed by atoms with E-state index in [0.717, 1.165) is 0 Å². The van der Waals surface area contributed by atoms with Crippen LogP contribution in [-0.2, 0) is 0 Å². The zero-order chi connectivity index (χ0) is 11.8. The summed E-state index contributed by atoms with van der Waals surface area (Å²) < 4.78 is 3.03. The van der Waals surface area contributed by atoms with Gasteiger partial charge in [-0.05, 0) is 6.07 Å². The Morgan fingerprint density at radius 3 is 3.00 bits per heavy atom. The number of nitrogens with zero attached hydrogens (tertiary/aromatic N) is 6. The highest BCUT2D eigenvalue weighted by Crippen LogP contribution is 2.09. The molecule has 0 radical (unpaired) electrons. The highest BCUT2D eigenvalue weighted by molar-refractivity contribution is 5.85. The number of hydrogen-bond acceptors (Lipinski definition) is 5. The van der Waals surface area contributed by atoms with Crippen molar-refractivity contribution in [1.82, 2.24) is 29.4 Å². The number of fused-ring (bicyclic) bond motifs is 1. The van der Waals surface area contributed by atoms with Crippen molar-refractivity contribution in [1.29, 1.82) is 0 Å². The van der Waals surface area contributed by atoms with Crippen molar-refractivity contribution in [3.8, 4) is 5.82 Å². The van der Waals surface area contributed by atoms with E-state index in [1.54, 1.807) is 16.8 Å². The third kappa shape index (κ3) is 1.42. The van der Waals surface area contributed by atoms with Crippen LogP contribution in [0.25, 0.3) is 11.5 Å². The van der Waals surface area contributed by atoms with Gasteiger partial charge in [-0.1, -0.05) is 0 Å². The minimum Gasteiger partial charge on any atom is -0.476 e. The van der Waals surface area contributed by atoms with Crippen molar-refractivity contribution < 1.29 is 9.90 Å². The second-order valence-electron chi connectivity index (χ2n) is 3.26. The fraction of sp³-hybridized carbons (Fsp3) is 0. The van der Waals surface area contributed by atoms with E-state index < -0.39 is 5.97 Å². The molecule has 0 unspecified atom stereocenters. The lowest BCUT2D eigenvalue weighted by Crippen LogP contribution is -2.04. The summed E-state index contributed by atoms with van der Waals surface area (Å²) >= 11 is 0. The lowest BCUT2D eigenvalue weighted by atomic mass is 10.5. The molecular formula is C9H6N6O2. The van der Waals surface area contributed by atoms with Gasteiger partial charge in [0, 0.05) is 18.6 Å². The SMILES string of the molecule is O=C(O)c1ccn(-c2nccn3cnnc23)n1. The van der Waals surface area contributed by atoms with Gasteiger partial charge in [-0.25, -0.2) is 14.5 Å². The van der Waals surface area contributed by atoms with Crippen molar-refractivity contribution in [2.75, 3.05) is 0 Å². The molecule has 0 aromatic carbocycles. The number of carboxylic acids is 1. The molecule has 0 saturated heterocycles. The molecule has 17 heavy (non-hydrogen) atoms. The van der Waals surface area contributed by atoms with Crippen LogP contribution >= 0.6 is 0 Å². The van der Waals surface area contributed by atoms with Gasteiger partial charge in [0.1, 0.15) is 6.33 Å². The Morgan fingerprint density at radius 1 is 1.35 bits per heavy atom. The molecule has 0 atom stereocenters. The quantitative estimate of drug-likeness (QED) is 0.665. The Labute approximate surface area is 94.2 Å². The van der Waals surface area contributed by atoms with E-state index in [9.17, 15) is 4.79 Å². The highest BCUT2D eigenvalue weighted by atomic mass is 16.4. The van der Waals surface area contributed by atoms with E-state index in [1.807, 2.05) is 0 Å². The van der Waals surface area contributed by atoms with Gasteiger partial charge in [-0.2, -0.15) is 5.10 Å². The molecule has 0 fully saturated rings. The summed E-state index contributed by atoms with van der Waals surface area (Å²) in [5.41, 5.74) is 0.459. The van der Waals surface area contributed by atoms with Crippen molar-refractivity contribution in [2.45, 2.75) is 0 Å². The summed E-state index contributed by atoms with van der Waals surface area (Å²) in [5, 5.41) is 20.3. The van der Waals surface area contributed by atoms with E-state index in [2.05, 4.69) is 20.3 Å². The van der Waals surface area contributed by atoms with Gasteiger partial charge in [0.15, 0.2) is 11.5 Å². The van der Waals surface area contributed by atoms with E-state index in [1.165, 1.54) is 23.3 Å². The Kier molecular flexibility index (Phi) is 1.87. The highest BCUT2D eigenvalue weighted by Gasteiger charge is 2.11. The normalized spacial score (nSPS) is 10.8. The van der Waals surface area contributed by atoms with Gasteiger partial charge in [0.05, 0.1) is 0 Å². The zero-order valence-electron chi connectivity index (χ0n) is 8.43. The van der Waals surface area contributed by atoms with Crippen LogP contribution in [0.3, 0.4) is 0 Å². The molecule has 0 aliphatic rings. The fourth-order valence-corrected chi connectivity index (χ4v) is 1.46. The van der Waals surface area contributed by atoms with Crippen molar-refractivity contribution >= 4 is 11.6 Å². The second kappa shape index (κ2) is 3.37. The minimum atomic E-state index is -1.09. The van der Waals surface area contributed by atoms with Gasteiger partial charge in [-0.15, -0.1) is 10.2 Å². The maximum atomic E-state index is 10.7. The standard InChI is InChI=1S/C9H6N6O2/c16-9(17)6-1-3-15(13-6)7-8-12-11-5-14(8)4-2-10-7/h1-5H,(H,16,17). The lowest BCUT2D eigenvalue weighted by Gasteiger charge is -2.00. The molecule has 0 amide bonds. The van der Waals surface area contributed by atoms with E-state index in [-0.39, 0.29) is 5.69 Å². The Bertz CT molecular complexity index is 700. The largest absolute Gasteiger partial charge is 0.476 e. The molecule has 0 spiro atoms. The van der Waals surface area contributed by atoms with Crippen LogP contribution in [0.2, 0.25) is 0 Å². The number of aromatic carboxylic acids is 1. The topological polar surface area (TPSA) is 98.2 Å². The Hall–Kier alpha value is -2.77. The van der Waals surface area contributed by atoms with E-state index >= 15 is 0 Å². The predicted octanol–water partition coefficient (Wildman–Crippen LogP) is 0.00820. The van der Waals surface area contributed by atoms with Gasteiger partial charge < -0.3 is 5.11 Å². The van der Waals surface area contributed by atoms with Crippen molar-refractivity contribution in [3.63, 3.8) is 0 Å². The van der Waals surface area contributed by atoms with Gasteiger partial charge in [-0.3, -0.25) is 4.40 Å². The van der Waals surface area contributed by atoms with Crippen molar-refractivity contribution in [3.05, 3.63) is 36.7 Å². The van der Waals surface area contributed by atoms with Gasteiger partial charge in [0.2, 0.25) is 5.65 Å². The molecule has 3 aromatic rings. The molecule has 3 rings (SSSR count). The minimum absolute atomic E-state index is 0.0479. The average Bonchev–Trinajstić information content (AvgIpc) is 2.97. The second-order valence-corrected chi connectivity index (χ2v) is 3.26. The van der Waals surface area contributed by atoms with E-state index in [4.69, 9.17) is 5.11 Å².